The van der Waals surface area contributed by atoms with Crippen molar-refractivity contribution in [3.05, 3.63) is 23.8 Å². The number of methoxy groups -OCH3 is 1. The molecule has 0 aromatic heterocycles. The van der Waals surface area contributed by atoms with Crippen molar-refractivity contribution in [1.82, 2.24) is 15.5 Å². The molecular formula is C21H36N4O2. The van der Waals surface area contributed by atoms with Crippen molar-refractivity contribution in [1.29, 1.82) is 0 Å². The molecule has 0 amide bonds. The Morgan fingerprint density at radius 3 is 2.78 bits per heavy atom. The van der Waals surface area contributed by atoms with Gasteiger partial charge in [0.2, 0.25) is 0 Å². The van der Waals surface area contributed by atoms with E-state index in [1.807, 2.05) is 13.0 Å². The second kappa shape index (κ2) is 11.7. The van der Waals surface area contributed by atoms with Crippen molar-refractivity contribution < 1.29 is 9.47 Å². The number of benzene rings is 1. The third-order valence-electron chi connectivity index (χ3n) is 4.80. The number of nitrogens with zero attached hydrogens (tertiary/aromatic N) is 2. The zero-order valence-corrected chi connectivity index (χ0v) is 17.4. The van der Waals surface area contributed by atoms with E-state index in [1.165, 1.54) is 18.5 Å². The predicted octanol–water partition coefficient (Wildman–Crippen LogP) is 2.53. The standard InChI is InChI=1S/C21H36N4O2/c1-5-22-21(24-15-18-11-13-25(3)16-18)23-12-7-8-17-9-10-19(26-4)20(14-17)27-6-2/h9-10,14,18H,5-8,11-13,15-16H2,1-4H3,(H2,22,23,24). The lowest BCUT2D eigenvalue weighted by Gasteiger charge is -2.14. The molecule has 27 heavy (non-hydrogen) atoms. The van der Waals surface area contributed by atoms with E-state index < -0.39 is 0 Å². The maximum Gasteiger partial charge on any atom is 0.191 e. The molecule has 6 nitrogen and oxygen atoms in total. The highest BCUT2D eigenvalue weighted by molar-refractivity contribution is 5.79. The first-order valence-corrected chi connectivity index (χ1v) is 10.2. The highest BCUT2D eigenvalue weighted by Gasteiger charge is 2.18. The van der Waals surface area contributed by atoms with Crippen molar-refractivity contribution in [2.24, 2.45) is 10.9 Å². The molecule has 1 heterocycles. The van der Waals surface area contributed by atoms with Crippen LogP contribution in [0.15, 0.2) is 23.2 Å². The average Bonchev–Trinajstić information content (AvgIpc) is 3.09. The summed E-state index contributed by atoms with van der Waals surface area (Å²) in [5.74, 6) is 3.22. The fraction of sp³-hybridized carbons (Fsp3) is 0.667. The Kier molecular flexibility index (Phi) is 9.25. The normalized spacial score (nSPS) is 17.8. The molecule has 1 aliphatic rings. The van der Waals surface area contributed by atoms with Crippen molar-refractivity contribution in [2.45, 2.75) is 33.1 Å². The molecule has 0 aliphatic carbocycles. The predicted molar refractivity (Wildman–Crippen MR) is 112 cm³/mol. The van der Waals surface area contributed by atoms with Crippen LogP contribution in [-0.2, 0) is 6.42 Å². The zero-order valence-electron chi connectivity index (χ0n) is 17.4. The summed E-state index contributed by atoms with van der Waals surface area (Å²) in [4.78, 5) is 7.15. The number of guanidine groups is 1. The molecule has 1 aliphatic heterocycles. The van der Waals surface area contributed by atoms with E-state index in [4.69, 9.17) is 14.5 Å². The van der Waals surface area contributed by atoms with Gasteiger partial charge >= 0.3 is 0 Å². The lowest BCUT2D eigenvalue weighted by molar-refractivity contribution is 0.310. The second-order valence-corrected chi connectivity index (χ2v) is 7.09. The van der Waals surface area contributed by atoms with Gasteiger partial charge in [0.05, 0.1) is 13.7 Å². The molecule has 0 saturated carbocycles. The Bertz CT molecular complexity index is 592. The first-order chi connectivity index (χ1) is 13.2. The molecule has 1 fully saturated rings. The fourth-order valence-electron chi connectivity index (χ4n) is 3.38. The number of nitrogens with one attached hydrogen (secondary N) is 2. The maximum absolute atomic E-state index is 5.66. The molecule has 1 atom stereocenters. The summed E-state index contributed by atoms with van der Waals surface area (Å²) in [7, 11) is 3.86. The van der Waals surface area contributed by atoms with Gasteiger partial charge in [0.15, 0.2) is 17.5 Å². The molecule has 1 aromatic carbocycles. The summed E-state index contributed by atoms with van der Waals surface area (Å²) < 4.78 is 11.0. The van der Waals surface area contributed by atoms with Crippen LogP contribution in [0, 0.1) is 5.92 Å². The minimum atomic E-state index is 0.640. The molecular weight excluding hydrogens is 340 g/mol. The van der Waals surface area contributed by atoms with E-state index in [2.05, 4.69) is 41.6 Å². The molecule has 2 rings (SSSR count). The summed E-state index contributed by atoms with van der Waals surface area (Å²) in [5, 5.41) is 6.80. The van der Waals surface area contributed by atoms with Crippen LogP contribution in [0.3, 0.4) is 0 Å². The quantitative estimate of drug-likeness (QED) is 0.373. The van der Waals surface area contributed by atoms with Crippen LogP contribution in [0.25, 0.3) is 0 Å². The largest absolute Gasteiger partial charge is 0.493 e. The fourth-order valence-corrected chi connectivity index (χ4v) is 3.38. The number of rotatable bonds is 10. The van der Waals surface area contributed by atoms with Crippen LogP contribution in [0.4, 0.5) is 0 Å². The van der Waals surface area contributed by atoms with Gasteiger partial charge in [0, 0.05) is 26.2 Å². The summed E-state index contributed by atoms with van der Waals surface area (Å²) in [5.41, 5.74) is 1.26. The van der Waals surface area contributed by atoms with Gasteiger partial charge in [-0.25, -0.2) is 0 Å². The van der Waals surface area contributed by atoms with E-state index in [9.17, 15) is 0 Å². The van der Waals surface area contributed by atoms with Crippen molar-refractivity contribution in [3.63, 3.8) is 0 Å². The molecule has 2 N–H and O–H groups in total. The van der Waals surface area contributed by atoms with E-state index in [0.29, 0.717) is 12.5 Å². The van der Waals surface area contributed by atoms with Crippen LogP contribution >= 0.6 is 0 Å². The lowest BCUT2D eigenvalue weighted by atomic mass is 10.1. The monoisotopic (exact) mass is 376 g/mol. The highest BCUT2D eigenvalue weighted by atomic mass is 16.5. The number of likely N-dealkylation sites (tertiary alicyclic amines) is 1. The SMILES string of the molecule is CCNC(=NCC1CCN(C)C1)NCCCc1ccc(OC)c(OCC)c1. The molecule has 6 heteroatoms. The molecule has 0 spiro atoms. The summed E-state index contributed by atoms with van der Waals surface area (Å²) in [6.07, 6.45) is 3.28. The Labute approximate surface area is 164 Å². The maximum atomic E-state index is 5.66. The van der Waals surface area contributed by atoms with Gasteiger partial charge in [-0.05, 0) is 70.3 Å². The first-order valence-electron chi connectivity index (χ1n) is 10.2. The molecule has 152 valence electrons. The van der Waals surface area contributed by atoms with Crippen molar-refractivity contribution in [3.8, 4) is 11.5 Å². The number of hydrogen-bond donors (Lipinski definition) is 2. The van der Waals surface area contributed by atoms with Gasteiger partial charge in [0.1, 0.15) is 0 Å². The molecule has 1 unspecified atom stereocenters. The lowest BCUT2D eigenvalue weighted by Crippen LogP contribution is -2.38. The minimum absolute atomic E-state index is 0.640. The van der Waals surface area contributed by atoms with Crippen molar-refractivity contribution >= 4 is 5.96 Å². The third kappa shape index (κ3) is 7.29. The average molecular weight is 377 g/mol. The van der Waals surface area contributed by atoms with Crippen LogP contribution in [0.2, 0.25) is 0 Å². The van der Waals surface area contributed by atoms with Gasteiger partial charge in [-0.15, -0.1) is 0 Å². The van der Waals surface area contributed by atoms with Crippen molar-refractivity contribution in [2.75, 3.05) is 53.5 Å². The molecule has 0 radical (unpaired) electrons. The Balaban J connectivity index is 1.78. The summed E-state index contributed by atoms with van der Waals surface area (Å²) in [6.45, 7) is 9.75. The second-order valence-electron chi connectivity index (χ2n) is 7.09. The van der Waals surface area contributed by atoms with Gasteiger partial charge in [-0.3, -0.25) is 4.99 Å². The van der Waals surface area contributed by atoms with E-state index in [0.717, 1.165) is 56.5 Å². The van der Waals surface area contributed by atoms with E-state index in [1.54, 1.807) is 7.11 Å². The van der Waals surface area contributed by atoms with Crippen LogP contribution < -0.4 is 20.1 Å². The summed E-state index contributed by atoms with van der Waals surface area (Å²) in [6, 6.07) is 6.17. The van der Waals surface area contributed by atoms with Gasteiger partial charge < -0.3 is 25.0 Å². The topological polar surface area (TPSA) is 58.1 Å². The van der Waals surface area contributed by atoms with E-state index >= 15 is 0 Å². The van der Waals surface area contributed by atoms with Gasteiger partial charge in [0.25, 0.3) is 0 Å². The Hall–Kier alpha value is -1.95. The number of aryl methyl sites for hydroxylation is 1. The molecule has 1 aromatic rings. The van der Waals surface area contributed by atoms with Crippen LogP contribution in [0.5, 0.6) is 11.5 Å². The van der Waals surface area contributed by atoms with Gasteiger partial charge in [-0.2, -0.15) is 0 Å². The highest BCUT2D eigenvalue weighted by Crippen LogP contribution is 2.28. The zero-order chi connectivity index (χ0) is 19.5. The molecule has 1 saturated heterocycles. The Morgan fingerprint density at radius 2 is 2.11 bits per heavy atom. The molecule has 0 bridgehead atoms. The third-order valence-corrected chi connectivity index (χ3v) is 4.80. The van der Waals surface area contributed by atoms with Crippen LogP contribution in [0.1, 0.15) is 32.3 Å². The number of aliphatic imine (C=N–C) groups is 1. The van der Waals surface area contributed by atoms with Crippen LogP contribution in [-0.4, -0.2) is 64.3 Å². The summed E-state index contributed by atoms with van der Waals surface area (Å²) >= 11 is 0. The number of ether oxygens (including phenoxy) is 2. The first kappa shape index (κ1) is 21.4. The Morgan fingerprint density at radius 1 is 1.26 bits per heavy atom. The van der Waals surface area contributed by atoms with Gasteiger partial charge in [-0.1, -0.05) is 6.07 Å². The smallest absolute Gasteiger partial charge is 0.191 e. The number of hydrogen-bond acceptors (Lipinski definition) is 4. The minimum Gasteiger partial charge on any atom is -0.493 e. The van der Waals surface area contributed by atoms with E-state index in [-0.39, 0.29) is 0 Å².